The monoisotopic (exact) mass is 227 g/mol. The summed E-state index contributed by atoms with van der Waals surface area (Å²) in [5.41, 5.74) is 3.69. The predicted molar refractivity (Wildman–Crippen MR) is 69.7 cm³/mol. The van der Waals surface area contributed by atoms with Crippen LogP contribution in [0.1, 0.15) is 30.0 Å². The van der Waals surface area contributed by atoms with Gasteiger partial charge in [-0.3, -0.25) is 0 Å². The minimum atomic E-state index is 0.658. The van der Waals surface area contributed by atoms with Crippen molar-refractivity contribution in [2.45, 2.75) is 32.7 Å². The van der Waals surface area contributed by atoms with Gasteiger partial charge in [-0.15, -0.1) is 0 Å². The average molecular weight is 227 g/mol. The molecule has 0 spiro atoms. The maximum absolute atomic E-state index is 4.39. The molecule has 2 aromatic rings. The Kier molecular flexibility index (Phi) is 2.39. The van der Waals surface area contributed by atoms with Crippen molar-refractivity contribution in [2.75, 3.05) is 5.32 Å². The second-order valence-electron chi connectivity index (χ2n) is 4.83. The second-order valence-corrected chi connectivity index (χ2v) is 4.83. The minimum Gasteiger partial charge on any atom is -0.325 e. The Morgan fingerprint density at radius 2 is 2.12 bits per heavy atom. The van der Waals surface area contributed by atoms with E-state index in [1.54, 1.807) is 0 Å². The number of benzene rings is 1. The van der Waals surface area contributed by atoms with Gasteiger partial charge in [0.15, 0.2) is 0 Å². The molecule has 1 aromatic heterocycles. The summed E-state index contributed by atoms with van der Waals surface area (Å²) in [4.78, 5) is 4.39. The zero-order valence-electron chi connectivity index (χ0n) is 10.3. The van der Waals surface area contributed by atoms with Gasteiger partial charge >= 0.3 is 0 Å². The van der Waals surface area contributed by atoms with Crippen molar-refractivity contribution < 1.29 is 0 Å². The van der Waals surface area contributed by atoms with Crippen molar-refractivity contribution in [3.63, 3.8) is 0 Å². The zero-order valence-corrected chi connectivity index (χ0v) is 10.3. The van der Waals surface area contributed by atoms with Crippen LogP contribution in [0.4, 0.5) is 11.6 Å². The third-order valence-electron chi connectivity index (χ3n) is 3.24. The summed E-state index contributed by atoms with van der Waals surface area (Å²) in [6.45, 7) is 4.24. The molecule has 1 heterocycles. The number of anilines is 2. The van der Waals surface area contributed by atoms with Gasteiger partial charge in [0.2, 0.25) is 5.95 Å². The fourth-order valence-electron chi connectivity index (χ4n) is 2.13. The average Bonchev–Trinajstić information content (AvgIpc) is 3.03. The third kappa shape index (κ3) is 2.05. The van der Waals surface area contributed by atoms with Crippen molar-refractivity contribution >= 4 is 11.6 Å². The highest BCUT2D eigenvalue weighted by atomic mass is 15.2. The summed E-state index contributed by atoms with van der Waals surface area (Å²) in [7, 11) is 0. The lowest BCUT2D eigenvalue weighted by molar-refractivity contribution is 0.751. The Morgan fingerprint density at radius 3 is 2.82 bits per heavy atom. The molecule has 1 saturated carbocycles. The number of hydrogen-bond acceptors (Lipinski definition) is 2. The molecule has 1 aliphatic carbocycles. The first kappa shape index (κ1) is 10.4. The highest BCUT2D eigenvalue weighted by molar-refractivity contribution is 5.59. The predicted octanol–water partition coefficient (Wildman–Crippen LogP) is 3.58. The minimum absolute atomic E-state index is 0.658. The molecule has 1 fully saturated rings. The standard InChI is InChI=1S/C14H17N3/c1-10-3-6-13(11(2)9-10)16-14-15-7-8-17(14)12-4-5-12/h3,6-9,12H,4-5H2,1-2H3,(H,15,16). The van der Waals surface area contributed by atoms with Gasteiger partial charge in [-0.25, -0.2) is 4.98 Å². The summed E-state index contributed by atoms with van der Waals surface area (Å²) >= 11 is 0. The number of aryl methyl sites for hydroxylation is 2. The molecule has 3 rings (SSSR count). The summed E-state index contributed by atoms with van der Waals surface area (Å²) in [5, 5.41) is 3.42. The van der Waals surface area contributed by atoms with Crippen LogP contribution in [-0.4, -0.2) is 9.55 Å². The Labute approximate surface area is 101 Å². The molecule has 0 unspecified atom stereocenters. The maximum Gasteiger partial charge on any atom is 0.207 e. The number of aromatic nitrogens is 2. The van der Waals surface area contributed by atoms with Crippen molar-refractivity contribution in [1.82, 2.24) is 9.55 Å². The number of nitrogens with zero attached hydrogens (tertiary/aromatic N) is 2. The van der Waals surface area contributed by atoms with Crippen LogP contribution in [0.2, 0.25) is 0 Å². The first-order valence-corrected chi connectivity index (χ1v) is 6.11. The number of hydrogen-bond donors (Lipinski definition) is 1. The third-order valence-corrected chi connectivity index (χ3v) is 3.24. The molecule has 1 N–H and O–H groups in total. The molecule has 1 aliphatic rings. The van der Waals surface area contributed by atoms with E-state index in [4.69, 9.17) is 0 Å². The van der Waals surface area contributed by atoms with Crippen LogP contribution in [0.25, 0.3) is 0 Å². The van der Waals surface area contributed by atoms with E-state index < -0.39 is 0 Å². The van der Waals surface area contributed by atoms with E-state index in [2.05, 4.69) is 53.1 Å². The summed E-state index contributed by atoms with van der Waals surface area (Å²) < 4.78 is 2.24. The Morgan fingerprint density at radius 1 is 1.29 bits per heavy atom. The lowest BCUT2D eigenvalue weighted by Crippen LogP contribution is -2.02. The van der Waals surface area contributed by atoms with Gasteiger partial charge < -0.3 is 9.88 Å². The molecule has 88 valence electrons. The molecule has 0 aliphatic heterocycles. The number of nitrogens with one attached hydrogen (secondary N) is 1. The lowest BCUT2D eigenvalue weighted by Gasteiger charge is -2.11. The molecule has 0 amide bonds. The molecule has 0 atom stereocenters. The molecule has 0 radical (unpaired) electrons. The summed E-state index contributed by atoms with van der Waals surface area (Å²) in [5.74, 6) is 0.958. The van der Waals surface area contributed by atoms with E-state index in [-0.39, 0.29) is 0 Å². The first-order valence-electron chi connectivity index (χ1n) is 6.11. The van der Waals surface area contributed by atoms with Crippen LogP contribution < -0.4 is 5.32 Å². The van der Waals surface area contributed by atoms with Crippen molar-refractivity contribution in [3.8, 4) is 0 Å². The van der Waals surface area contributed by atoms with Gasteiger partial charge in [0.1, 0.15) is 0 Å². The highest BCUT2D eigenvalue weighted by Crippen LogP contribution is 2.37. The van der Waals surface area contributed by atoms with Crippen LogP contribution in [0.5, 0.6) is 0 Å². The van der Waals surface area contributed by atoms with E-state index in [1.165, 1.54) is 24.0 Å². The lowest BCUT2D eigenvalue weighted by atomic mass is 10.1. The molecule has 0 saturated heterocycles. The van der Waals surface area contributed by atoms with Crippen molar-refractivity contribution in [1.29, 1.82) is 0 Å². The quantitative estimate of drug-likeness (QED) is 0.868. The van der Waals surface area contributed by atoms with Crippen molar-refractivity contribution in [2.24, 2.45) is 0 Å². The number of rotatable bonds is 3. The van der Waals surface area contributed by atoms with Crippen LogP contribution in [0.3, 0.4) is 0 Å². The Balaban J connectivity index is 1.88. The maximum atomic E-state index is 4.39. The molecule has 17 heavy (non-hydrogen) atoms. The van der Waals surface area contributed by atoms with Gasteiger partial charge in [-0.05, 0) is 38.3 Å². The first-order chi connectivity index (χ1) is 8.24. The summed E-state index contributed by atoms with van der Waals surface area (Å²) in [6, 6.07) is 7.09. The van der Waals surface area contributed by atoms with E-state index in [1.807, 2.05) is 6.20 Å². The smallest absolute Gasteiger partial charge is 0.207 e. The SMILES string of the molecule is Cc1ccc(Nc2nccn2C2CC2)c(C)c1. The van der Waals surface area contributed by atoms with E-state index in [0.29, 0.717) is 6.04 Å². The molecule has 1 aromatic carbocycles. The van der Waals surface area contributed by atoms with Gasteiger partial charge in [0, 0.05) is 24.1 Å². The van der Waals surface area contributed by atoms with E-state index >= 15 is 0 Å². The van der Waals surface area contributed by atoms with Gasteiger partial charge in [0.25, 0.3) is 0 Å². The normalized spacial score (nSPS) is 14.9. The van der Waals surface area contributed by atoms with E-state index in [0.717, 1.165) is 11.6 Å². The topological polar surface area (TPSA) is 29.9 Å². The molecule has 0 bridgehead atoms. The molecular weight excluding hydrogens is 210 g/mol. The van der Waals surface area contributed by atoms with Crippen LogP contribution >= 0.6 is 0 Å². The van der Waals surface area contributed by atoms with Gasteiger partial charge in [-0.2, -0.15) is 0 Å². The van der Waals surface area contributed by atoms with Gasteiger partial charge in [-0.1, -0.05) is 17.7 Å². The van der Waals surface area contributed by atoms with Crippen LogP contribution in [0.15, 0.2) is 30.6 Å². The number of imidazole rings is 1. The van der Waals surface area contributed by atoms with E-state index in [9.17, 15) is 0 Å². The fourth-order valence-corrected chi connectivity index (χ4v) is 2.13. The summed E-state index contributed by atoms with van der Waals surface area (Å²) in [6.07, 6.45) is 6.48. The largest absolute Gasteiger partial charge is 0.325 e. The fraction of sp³-hybridized carbons (Fsp3) is 0.357. The highest BCUT2D eigenvalue weighted by Gasteiger charge is 2.25. The Hall–Kier alpha value is -1.77. The second kappa shape index (κ2) is 3.91. The Bertz CT molecular complexity index is 538. The van der Waals surface area contributed by atoms with Crippen LogP contribution in [-0.2, 0) is 0 Å². The molecule has 3 heteroatoms. The molecule has 3 nitrogen and oxygen atoms in total. The van der Waals surface area contributed by atoms with Gasteiger partial charge in [0.05, 0.1) is 0 Å². The van der Waals surface area contributed by atoms with Crippen LogP contribution in [0, 0.1) is 13.8 Å². The van der Waals surface area contributed by atoms with Crippen molar-refractivity contribution in [3.05, 3.63) is 41.7 Å². The zero-order chi connectivity index (χ0) is 11.8. The molecular formula is C14H17N3.